The fourth-order valence-corrected chi connectivity index (χ4v) is 3.01. The zero-order chi connectivity index (χ0) is 18.8. The molecule has 0 radical (unpaired) electrons. The van der Waals surface area contributed by atoms with Crippen molar-refractivity contribution >= 4 is 17.5 Å². The molecule has 2 amide bonds. The van der Waals surface area contributed by atoms with Gasteiger partial charge in [0.05, 0.1) is 11.3 Å². The summed E-state index contributed by atoms with van der Waals surface area (Å²) in [5, 5.41) is 4.19. The first kappa shape index (κ1) is 17.8. The maximum Gasteiger partial charge on any atom is 0.289 e. The van der Waals surface area contributed by atoms with Crippen molar-refractivity contribution in [2.75, 3.05) is 14.1 Å². The van der Waals surface area contributed by atoms with Crippen LogP contribution in [0.25, 0.3) is 0 Å². The lowest BCUT2D eigenvalue weighted by molar-refractivity contribution is 0.0793. The van der Waals surface area contributed by atoms with Crippen molar-refractivity contribution in [1.82, 2.24) is 10.3 Å². The normalized spacial score (nSPS) is 14.8. The van der Waals surface area contributed by atoms with Crippen LogP contribution in [0, 0.1) is 12.7 Å². The molecule has 1 aromatic heterocycles. The number of benzene rings is 1. The number of fused-ring (bicyclic) bond motifs is 1. The molecule has 1 aliphatic carbocycles. The van der Waals surface area contributed by atoms with Crippen LogP contribution in [-0.4, -0.2) is 36.5 Å². The first-order chi connectivity index (χ1) is 12.4. The van der Waals surface area contributed by atoms with Crippen LogP contribution in [0.3, 0.4) is 0 Å². The SMILES string of the molecule is Cc1c(C(=O)N(C)C)oc2c1/C(=N/NC(=O)c1ccccc1F)CCC2. The Morgan fingerprint density at radius 2 is 1.96 bits per heavy atom. The molecule has 0 saturated carbocycles. The smallest absolute Gasteiger partial charge is 0.289 e. The Morgan fingerprint density at radius 1 is 1.23 bits per heavy atom. The van der Waals surface area contributed by atoms with E-state index in [0.29, 0.717) is 29.9 Å². The largest absolute Gasteiger partial charge is 0.455 e. The summed E-state index contributed by atoms with van der Waals surface area (Å²) in [6.07, 6.45) is 2.14. The van der Waals surface area contributed by atoms with Crippen LogP contribution in [0.1, 0.15) is 50.6 Å². The summed E-state index contributed by atoms with van der Waals surface area (Å²) < 4.78 is 19.5. The molecule has 0 fully saturated rings. The number of carbonyl (C=O) groups is 2. The highest BCUT2D eigenvalue weighted by atomic mass is 19.1. The molecule has 136 valence electrons. The minimum Gasteiger partial charge on any atom is -0.455 e. The lowest BCUT2D eigenvalue weighted by atomic mass is 9.93. The fraction of sp³-hybridized carbons (Fsp3) is 0.316. The number of carbonyl (C=O) groups excluding carboxylic acids is 2. The molecule has 0 bridgehead atoms. The van der Waals surface area contributed by atoms with Gasteiger partial charge < -0.3 is 9.32 Å². The van der Waals surface area contributed by atoms with Gasteiger partial charge in [-0.15, -0.1) is 0 Å². The number of nitrogens with one attached hydrogen (secondary N) is 1. The topological polar surface area (TPSA) is 74.9 Å². The molecule has 1 aliphatic rings. The number of halogens is 1. The Labute approximate surface area is 150 Å². The van der Waals surface area contributed by atoms with Gasteiger partial charge in [0.15, 0.2) is 5.76 Å². The Hall–Kier alpha value is -2.96. The van der Waals surface area contributed by atoms with Gasteiger partial charge in [0.1, 0.15) is 11.6 Å². The summed E-state index contributed by atoms with van der Waals surface area (Å²) in [5.41, 5.74) is 4.44. The number of hydrazone groups is 1. The van der Waals surface area contributed by atoms with Gasteiger partial charge in [-0.3, -0.25) is 9.59 Å². The highest BCUT2D eigenvalue weighted by Gasteiger charge is 2.28. The van der Waals surface area contributed by atoms with E-state index in [1.165, 1.54) is 23.1 Å². The number of hydrogen-bond donors (Lipinski definition) is 1. The van der Waals surface area contributed by atoms with Crippen molar-refractivity contribution in [3.05, 3.63) is 58.3 Å². The zero-order valence-corrected chi connectivity index (χ0v) is 14.9. The predicted octanol–water partition coefficient (Wildman–Crippen LogP) is 2.90. The number of aryl methyl sites for hydroxylation is 1. The van der Waals surface area contributed by atoms with Crippen molar-refractivity contribution in [2.24, 2.45) is 5.10 Å². The first-order valence-electron chi connectivity index (χ1n) is 8.36. The summed E-state index contributed by atoms with van der Waals surface area (Å²) in [6, 6.07) is 5.72. The Bertz CT molecular complexity index is 899. The summed E-state index contributed by atoms with van der Waals surface area (Å²) in [6.45, 7) is 1.80. The average molecular weight is 357 g/mol. The monoisotopic (exact) mass is 357 g/mol. The molecule has 3 rings (SSSR count). The molecule has 1 heterocycles. The summed E-state index contributed by atoms with van der Waals surface area (Å²) >= 11 is 0. The summed E-state index contributed by atoms with van der Waals surface area (Å²) in [4.78, 5) is 25.9. The Balaban J connectivity index is 1.90. The van der Waals surface area contributed by atoms with Crippen LogP contribution in [0.15, 0.2) is 33.8 Å². The van der Waals surface area contributed by atoms with E-state index in [1.54, 1.807) is 27.1 Å². The van der Waals surface area contributed by atoms with E-state index in [4.69, 9.17) is 4.42 Å². The summed E-state index contributed by atoms with van der Waals surface area (Å²) in [7, 11) is 3.32. The van der Waals surface area contributed by atoms with Crippen LogP contribution < -0.4 is 5.43 Å². The van der Waals surface area contributed by atoms with Crippen molar-refractivity contribution < 1.29 is 18.4 Å². The molecule has 1 N–H and O–H groups in total. The highest BCUT2D eigenvalue weighted by Crippen LogP contribution is 2.30. The molecule has 2 aromatic rings. The minimum absolute atomic E-state index is 0.0692. The van der Waals surface area contributed by atoms with E-state index in [9.17, 15) is 14.0 Å². The van der Waals surface area contributed by atoms with E-state index in [1.807, 2.05) is 0 Å². The van der Waals surface area contributed by atoms with Gasteiger partial charge in [-0.1, -0.05) is 12.1 Å². The summed E-state index contributed by atoms with van der Waals surface area (Å²) in [5.74, 6) is -0.458. The average Bonchev–Trinajstić information content (AvgIpc) is 2.96. The van der Waals surface area contributed by atoms with E-state index >= 15 is 0 Å². The Morgan fingerprint density at radius 3 is 2.65 bits per heavy atom. The molecule has 0 spiro atoms. The van der Waals surface area contributed by atoms with Crippen LogP contribution in [-0.2, 0) is 6.42 Å². The zero-order valence-electron chi connectivity index (χ0n) is 14.9. The lowest BCUT2D eigenvalue weighted by Crippen LogP contribution is -2.23. The Kier molecular flexibility index (Phi) is 4.88. The molecule has 0 saturated heterocycles. The quantitative estimate of drug-likeness (QED) is 0.859. The fourth-order valence-electron chi connectivity index (χ4n) is 3.01. The van der Waals surface area contributed by atoms with Crippen molar-refractivity contribution in [3.63, 3.8) is 0 Å². The first-order valence-corrected chi connectivity index (χ1v) is 8.36. The third kappa shape index (κ3) is 3.24. The van der Waals surface area contributed by atoms with E-state index in [0.717, 1.165) is 12.0 Å². The molecule has 1 aromatic carbocycles. The minimum atomic E-state index is -0.617. The number of furan rings is 1. The van der Waals surface area contributed by atoms with Crippen LogP contribution in [0.4, 0.5) is 4.39 Å². The second-order valence-electron chi connectivity index (χ2n) is 6.39. The van der Waals surface area contributed by atoms with E-state index < -0.39 is 11.7 Å². The van der Waals surface area contributed by atoms with E-state index in [2.05, 4.69) is 10.5 Å². The molecule has 26 heavy (non-hydrogen) atoms. The third-order valence-electron chi connectivity index (χ3n) is 4.34. The molecular formula is C19H20FN3O3. The van der Waals surface area contributed by atoms with Gasteiger partial charge in [0.25, 0.3) is 11.8 Å². The van der Waals surface area contributed by atoms with Crippen LogP contribution in [0.5, 0.6) is 0 Å². The molecule has 0 aliphatic heterocycles. The van der Waals surface area contributed by atoms with Crippen molar-refractivity contribution in [3.8, 4) is 0 Å². The van der Waals surface area contributed by atoms with Gasteiger partial charge in [0.2, 0.25) is 0 Å². The molecule has 7 heteroatoms. The predicted molar refractivity (Wildman–Crippen MR) is 94.8 cm³/mol. The molecule has 0 atom stereocenters. The van der Waals surface area contributed by atoms with Gasteiger partial charge in [-0.05, 0) is 31.9 Å². The molecule has 6 nitrogen and oxygen atoms in total. The number of hydrogen-bond acceptors (Lipinski definition) is 4. The molecule has 0 unspecified atom stereocenters. The van der Waals surface area contributed by atoms with Gasteiger partial charge in [-0.25, -0.2) is 9.82 Å². The van der Waals surface area contributed by atoms with Gasteiger partial charge >= 0.3 is 0 Å². The number of rotatable bonds is 3. The van der Waals surface area contributed by atoms with Crippen LogP contribution >= 0.6 is 0 Å². The standard InChI is InChI=1S/C19H20FN3O3/c1-11-16-14(21-22-18(24)12-7-4-5-8-13(12)20)9-6-10-15(16)26-17(11)19(25)23(2)3/h4-5,7-8H,6,9-10H2,1-3H3,(H,22,24)/b21-14+. The maximum absolute atomic E-state index is 13.7. The number of amides is 2. The molecular weight excluding hydrogens is 337 g/mol. The van der Waals surface area contributed by atoms with Gasteiger partial charge in [0, 0.05) is 31.6 Å². The van der Waals surface area contributed by atoms with Crippen molar-refractivity contribution in [2.45, 2.75) is 26.2 Å². The maximum atomic E-state index is 13.7. The highest BCUT2D eigenvalue weighted by molar-refractivity contribution is 6.07. The van der Waals surface area contributed by atoms with Gasteiger partial charge in [-0.2, -0.15) is 5.10 Å². The third-order valence-corrected chi connectivity index (χ3v) is 4.34. The number of nitrogens with zero attached hydrogens (tertiary/aromatic N) is 2. The van der Waals surface area contributed by atoms with Crippen molar-refractivity contribution in [1.29, 1.82) is 0 Å². The second-order valence-corrected chi connectivity index (χ2v) is 6.39. The van der Waals surface area contributed by atoms with E-state index in [-0.39, 0.29) is 17.2 Å². The van der Waals surface area contributed by atoms with Crippen LogP contribution in [0.2, 0.25) is 0 Å². The second kappa shape index (κ2) is 7.11. The lowest BCUT2D eigenvalue weighted by Gasteiger charge is -2.13.